The van der Waals surface area contributed by atoms with Crippen molar-refractivity contribution in [2.24, 2.45) is 0 Å². The number of nitrogens with zero attached hydrogens (tertiary/aromatic N) is 1. The van der Waals surface area contributed by atoms with Crippen molar-refractivity contribution in [1.29, 1.82) is 0 Å². The summed E-state index contributed by atoms with van der Waals surface area (Å²) < 4.78 is 49.5. The predicted octanol–water partition coefficient (Wildman–Crippen LogP) is 4.54. The van der Waals surface area contributed by atoms with E-state index in [0.717, 1.165) is 31.4 Å². The molecule has 0 heterocycles. The summed E-state index contributed by atoms with van der Waals surface area (Å²) in [5.74, 6) is -1.07. The molecule has 9 heteroatoms. The molecule has 2 aromatic carbocycles. The Morgan fingerprint density at radius 1 is 1.19 bits per heavy atom. The molecule has 0 unspecified atom stereocenters. The van der Waals surface area contributed by atoms with E-state index in [2.05, 4.69) is 4.74 Å². The van der Waals surface area contributed by atoms with E-state index >= 15 is 0 Å². The molecule has 0 aromatic heterocycles. The zero-order chi connectivity index (χ0) is 19.5. The second-order valence-corrected chi connectivity index (χ2v) is 5.27. The second-order valence-electron chi connectivity index (χ2n) is 5.27. The summed E-state index contributed by atoms with van der Waals surface area (Å²) in [7, 11) is 1.11. The SMILES string of the molecule is COC(=O)c1ccc([N+](=O)[O-])cc1O[C@H](C)c1ccccc1C(F)(F)F. The van der Waals surface area contributed by atoms with Crippen molar-refractivity contribution in [1.82, 2.24) is 0 Å². The summed E-state index contributed by atoms with van der Waals surface area (Å²) in [5.41, 5.74) is -1.56. The summed E-state index contributed by atoms with van der Waals surface area (Å²) in [6.45, 7) is 1.35. The van der Waals surface area contributed by atoms with Crippen LogP contribution in [0.25, 0.3) is 0 Å². The lowest BCUT2D eigenvalue weighted by Gasteiger charge is -2.20. The van der Waals surface area contributed by atoms with E-state index < -0.39 is 28.7 Å². The highest BCUT2D eigenvalue weighted by Gasteiger charge is 2.35. The van der Waals surface area contributed by atoms with Gasteiger partial charge in [0.2, 0.25) is 0 Å². The Labute approximate surface area is 146 Å². The Balaban J connectivity index is 2.46. The fraction of sp³-hybridized carbons (Fsp3) is 0.235. The highest BCUT2D eigenvalue weighted by molar-refractivity contribution is 5.92. The van der Waals surface area contributed by atoms with E-state index in [9.17, 15) is 28.1 Å². The number of benzene rings is 2. The van der Waals surface area contributed by atoms with Crippen molar-refractivity contribution in [3.63, 3.8) is 0 Å². The highest BCUT2D eigenvalue weighted by atomic mass is 19.4. The maximum Gasteiger partial charge on any atom is 0.416 e. The Morgan fingerprint density at radius 3 is 2.42 bits per heavy atom. The molecule has 0 spiro atoms. The Morgan fingerprint density at radius 2 is 1.85 bits per heavy atom. The van der Waals surface area contributed by atoms with Crippen LogP contribution in [0.2, 0.25) is 0 Å². The normalized spacial score (nSPS) is 12.3. The largest absolute Gasteiger partial charge is 0.485 e. The number of esters is 1. The number of rotatable bonds is 5. The molecule has 0 amide bonds. The summed E-state index contributed by atoms with van der Waals surface area (Å²) in [6, 6.07) is 7.98. The summed E-state index contributed by atoms with van der Waals surface area (Å²) in [5, 5.41) is 10.9. The van der Waals surface area contributed by atoms with Gasteiger partial charge in [-0.2, -0.15) is 13.2 Å². The lowest BCUT2D eigenvalue weighted by atomic mass is 10.0. The third-order valence-electron chi connectivity index (χ3n) is 3.59. The van der Waals surface area contributed by atoms with Crippen molar-refractivity contribution in [3.05, 3.63) is 69.3 Å². The highest BCUT2D eigenvalue weighted by Crippen LogP contribution is 2.37. The number of hydrogen-bond acceptors (Lipinski definition) is 5. The number of hydrogen-bond donors (Lipinski definition) is 0. The summed E-state index contributed by atoms with van der Waals surface area (Å²) >= 11 is 0. The van der Waals surface area contributed by atoms with E-state index in [0.29, 0.717) is 0 Å². The molecule has 0 fully saturated rings. The average Bonchev–Trinajstić information content (AvgIpc) is 2.60. The molecule has 138 valence electrons. The average molecular weight is 369 g/mol. The zero-order valence-electron chi connectivity index (χ0n) is 13.7. The third-order valence-corrected chi connectivity index (χ3v) is 3.59. The van der Waals surface area contributed by atoms with Crippen LogP contribution >= 0.6 is 0 Å². The van der Waals surface area contributed by atoms with Crippen molar-refractivity contribution < 1.29 is 32.4 Å². The minimum Gasteiger partial charge on any atom is -0.485 e. The molecule has 0 aliphatic carbocycles. The van der Waals surface area contributed by atoms with Gasteiger partial charge < -0.3 is 9.47 Å². The van der Waals surface area contributed by atoms with Gasteiger partial charge in [-0.3, -0.25) is 10.1 Å². The predicted molar refractivity (Wildman–Crippen MR) is 84.9 cm³/mol. The van der Waals surface area contributed by atoms with Crippen LogP contribution in [-0.2, 0) is 10.9 Å². The van der Waals surface area contributed by atoms with E-state index in [1.54, 1.807) is 0 Å². The molecule has 0 radical (unpaired) electrons. The third kappa shape index (κ3) is 4.11. The molecule has 0 N–H and O–H groups in total. The number of carbonyl (C=O) groups excluding carboxylic acids is 1. The molecule has 2 rings (SSSR count). The smallest absolute Gasteiger partial charge is 0.416 e. The minimum atomic E-state index is -4.60. The van der Waals surface area contributed by atoms with Gasteiger partial charge in [0.1, 0.15) is 17.4 Å². The van der Waals surface area contributed by atoms with E-state index in [4.69, 9.17) is 4.74 Å². The van der Waals surface area contributed by atoms with Crippen LogP contribution in [0.5, 0.6) is 5.75 Å². The quantitative estimate of drug-likeness (QED) is 0.439. The number of alkyl halides is 3. The Hall–Kier alpha value is -3.10. The minimum absolute atomic E-state index is 0.130. The van der Waals surface area contributed by atoms with E-state index in [1.165, 1.54) is 25.1 Å². The maximum atomic E-state index is 13.2. The van der Waals surface area contributed by atoms with Crippen molar-refractivity contribution >= 4 is 11.7 Å². The molecule has 0 bridgehead atoms. The van der Waals surface area contributed by atoms with Gasteiger partial charge >= 0.3 is 12.1 Å². The topological polar surface area (TPSA) is 78.7 Å². The van der Waals surface area contributed by atoms with Crippen LogP contribution in [0.15, 0.2) is 42.5 Å². The van der Waals surface area contributed by atoms with E-state index in [-0.39, 0.29) is 22.6 Å². The van der Waals surface area contributed by atoms with Crippen LogP contribution in [0, 0.1) is 10.1 Å². The lowest BCUT2D eigenvalue weighted by molar-refractivity contribution is -0.385. The standard InChI is InChI=1S/C17H14F3NO5/c1-10(12-5-3-4-6-14(12)17(18,19)20)26-15-9-11(21(23)24)7-8-13(15)16(22)25-2/h3-10H,1-2H3/t10-/m1/s1. The number of non-ortho nitro benzene ring substituents is 1. The van der Waals surface area contributed by atoms with Gasteiger partial charge in [-0.05, 0) is 19.1 Å². The fourth-order valence-corrected chi connectivity index (χ4v) is 2.36. The van der Waals surface area contributed by atoms with Gasteiger partial charge in [-0.15, -0.1) is 0 Å². The van der Waals surface area contributed by atoms with Gasteiger partial charge in [0, 0.05) is 11.6 Å². The number of halogens is 3. The molecule has 6 nitrogen and oxygen atoms in total. The number of carbonyl (C=O) groups is 1. The zero-order valence-corrected chi connectivity index (χ0v) is 13.7. The van der Waals surface area contributed by atoms with Crippen LogP contribution in [0.1, 0.15) is 34.5 Å². The molecule has 26 heavy (non-hydrogen) atoms. The molecular formula is C17H14F3NO5. The van der Waals surface area contributed by atoms with Crippen LogP contribution < -0.4 is 4.74 Å². The lowest BCUT2D eigenvalue weighted by Crippen LogP contribution is -2.15. The molecule has 1 atom stereocenters. The monoisotopic (exact) mass is 369 g/mol. The summed E-state index contributed by atoms with van der Waals surface area (Å²) in [4.78, 5) is 22.0. The van der Waals surface area contributed by atoms with Gasteiger partial charge in [0.05, 0.1) is 23.7 Å². The van der Waals surface area contributed by atoms with Crippen molar-refractivity contribution in [2.45, 2.75) is 19.2 Å². The maximum absolute atomic E-state index is 13.2. The number of methoxy groups -OCH3 is 1. The van der Waals surface area contributed by atoms with Crippen molar-refractivity contribution in [3.8, 4) is 5.75 Å². The van der Waals surface area contributed by atoms with Crippen LogP contribution in [-0.4, -0.2) is 18.0 Å². The second kappa shape index (κ2) is 7.42. The number of nitro benzene ring substituents is 1. The fourth-order valence-electron chi connectivity index (χ4n) is 2.36. The van der Waals surface area contributed by atoms with Gasteiger partial charge in [0.15, 0.2) is 0 Å². The van der Waals surface area contributed by atoms with Crippen LogP contribution in [0.4, 0.5) is 18.9 Å². The number of nitro groups is 1. The van der Waals surface area contributed by atoms with Crippen LogP contribution in [0.3, 0.4) is 0 Å². The van der Waals surface area contributed by atoms with Gasteiger partial charge in [-0.25, -0.2) is 4.79 Å². The first kappa shape index (κ1) is 19.2. The molecule has 0 aliphatic rings. The first-order valence-electron chi connectivity index (χ1n) is 7.34. The molecule has 0 saturated carbocycles. The number of ether oxygens (including phenoxy) is 2. The molecule has 0 aliphatic heterocycles. The van der Waals surface area contributed by atoms with Crippen molar-refractivity contribution in [2.75, 3.05) is 7.11 Å². The van der Waals surface area contributed by atoms with Gasteiger partial charge in [0.25, 0.3) is 5.69 Å². The Bertz CT molecular complexity index is 835. The first-order chi connectivity index (χ1) is 12.1. The molecular weight excluding hydrogens is 355 g/mol. The molecule has 0 saturated heterocycles. The van der Waals surface area contributed by atoms with E-state index in [1.807, 2.05) is 0 Å². The first-order valence-corrected chi connectivity index (χ1v) is 7.34. The Kier molecular flexibility index (Phi) is 5.49. The summed E-state index contributed by atoms with van der Waals surface area (Å²) in [6.07, 6.45) is -5.72. The molecule has 2 aromatic rings. The van der Waals surface area contributed by atoms with Gasteiger partial charge in [-0.1, -0.05) is 18.2 Å².